The molecule has 14 heavy (non-hydrogen) atoms. The molecule has 3 heteroatoms. The topological polar surface area (TPSA) is 57.5 Å². The molecule has 0 saturated carbocycles. The molecule has 0 bridgehead atoms. The van der Waals surface area contributed by atoms with E-state index in [1.54, 1.807) is 0 Å². The average Bonchev–Trinajstić information content (AvgIpc) is 2.13. The fourth-order valence-corrected chi connectivity index (χ4v) is 1.78. The van der Waals surface area contributed by atoms with Crippen LogP contribution in [0.5, 0.6) is 0 Å². The van der Waals surface area contributed by atoms with Crippen molar-refractivity contribution >= 4 is 5.97 Å². The van der Waals surface area contributed by atoms with Crippen LogP contribution in [0.4, 0.5) is 0 Å². The van der Waals surface area contributed by atoms with E-state index in [-0.39, 0.29) is 18.3 Å². The normalized spacial score (nSPS) is 19.8. The van der Waals surface area contributed by atoms with Gasteiger partial charge in [0.05, 0.1) is 12.0 Å². The van der Waals surface area contributed by atoms with E-state index in [0.29, 0.717) is 0 Å². The van der Waals surface area contributed by atoms with Gasteiger partial charge in [-0.1, -0.05) is 40.5 Å². The molecule has 2 unspecified atom stereocenters. The van der Waals surface area contributed by atoms with Gasteiger partial charge in [0, 0.05) is 0 Å². The van der Waals surface area contributed by atoms with Crippen LogP contribution in [0.15, 0.2) is 0 Å². The molecule has 0 aliphatic rings. The van der Waals surface area contributed by atoms with Crippen molar-refractivity contribution in [1.82, 2.24) is 0 Å². The van der Waals surface area contributed by atoms with Gasteiger partial charge in [-0.2, -0.15) is 0 Å². The highest BCUT2D eigenvalue weighted by atomic mass is 16.4. The van der Waals surface area contributed by atoms with E-state index < -0.39 is 11.6 Å². The van der Waals surface area contributed by atoms with Crippen molar-refractivity contribution in [2.24, 2.45) is 11.8 Å². The van der Waals surface area contributed by atoms with E-state index in [1.807, 2.05) is 27.7 Å². The smallest absolute Gasteiger partial charge is 0.306 e. The summed E-state index contributed by atoms with van der Waals surface area (Å²) < 4.78 is 0. The molecule has 0 spiro atoms. The maximum absolute atomic E-state index is 10.7. The maximum atomic E-state index is 10.7. The molecule has 84 valence electrons. The predicted molar refractivity (Wildman–Crippen MR) is 56.1 cm³/mol. The number of aliphatic carboxylic acids is 1. The highest BCUT2D eigenvalue weighted by molar-refractivity contribution is 5.68. The third-order valence-electron chi connectivity index (χ3n) is 3.37. The summed E-state index contributed by atoms with van der Waals surface area (Å²) in [7, 11) is 0. The summed E-state index contributed by atoms with van der Waals surface area (Å²) >= 11 is 0. The van der Waals surface area contributed by atoms with Crippen LogP contribution in [0.25, 0.3) is 0 Å². The first-order valence-electron chi connectivity index (χ1n) is 5.32. The minimum atomic E-state index is -1.06. The molecule has 0 amide bonds. The predicted octanol–water partition coefficient (Wildman–Crippen LogP) is 2.28. The molecule has 0 aliphatic carbocycles. The van der Waals surface area contributed by atoms with E-state index in [0.717, 1.165) is 12.8 Å². The van der Waals surface area contributed by atoms with Gasteiger partial charge in [-0.05, 0) is 11.8 Å². The van der Waals surface area contributed by atoms with Gasteiger partial charge in [0.2, 0.25) is 0 Å². The molecule has 0 fully saturated rings. The van der Waals surface area contributed by atoms with Gasteiger partial charge >= 0.3 is 5.97 Å². The molecule has 2 N–H and O–H groups in total. The number of hydrogen-bond donors (Lipinski definition) is 2. The van der Waals surface area contributed by atoms with E-state index in [1.165, 1.54) is 0 Å². The lowest BCUT2D eigenvalue weighted by atomic mass is 9.74. The van der Waals surface area contributed by atoms with Gasteiger partial charge in [0.15, 0.2) is 0 Å². The quantitative estimate of drug-likeness (QED) is 0.694. The first kappa shape index (κ1) is 13.4. The van der Waals surface area contributed by atoms with Crippen LogP contribution in [-0.4, -0.2) is 21.8 Å². The van der Waals surface area contributed by atoms with Crippen LogP contribution in [0, 0.1) is 11.8 Å². The Balaban J connectivity index is 4.73. The van der Waals surface area contributed by atoms with Gasteiger partial charge in [-0.3, -0.25) is 4.79 Å². The molecule has 0 aromatic rings. The molecule has 0 aromatic heterocycles. The van der Waals surface area contributed by atoms with Crippen LogP contribution >= 0.6 is 0 Å². The number of carboxylic acid groups (broad SMARTS) is 1. The zero-order valence-electron chi connectivity index (χ0n) is 9.58. The number of carboxylic acids is 1. The largest absolute Gasteiger partial charge is 0.481 e. The molecule has 0 heterocycles. The zero-order chi connectivity index (χ0) is 11.4. The summed E-state index contributed by atoms with van der Waals surface area (Å²) in [5, 5.41) is 19.1. The van der Waals surface area contributed by atoms with E-state index in [2.05, 4.69) is 0 Å². The van der Waals surface area contributed by atoms with Gasteiger partial charge < -0.3 is 10.2 Å². The lowest BCUT2D eigenvalue weighted by molar-refractivity contribution is -0.149. The Kier molecular flexibility index (Phi) is 5.13. The summed E-state index contributed by atoms with van der Waals surface area (Å²) in [4.78, 5) is 10.7. The molecule has 0 aliphatic heterocycles. The van der Waals surface area contributed by atoms with Crippen molar-refractivity contribution in [1.29, 1.82) is 0 Å². The Bertz CT molecular complexity index is 179. The van der Waals surface area contributed by atoms with Gasteiger partial charge in [0.25, 0.3) is 0 Å². The Hall–Kier alpha value is -0.570. The van der Waals surface area contributed by atoms with Crippen molar-refractivity contribution in [3.05, 3.63) is 0 Å². The van der Waals surface area contributed by atoms with Crippen LogP contribution in [-0.2, 0) is 4.79 Å². The molecular weight excluding hydrogens is 180 g/mol. The summed E-state index contributed by atoms with van der Waals surface area (Å²) in [5.41, 5.74) is -1.06. The van der Waals surface area contributed by atoms with Crippen LogP contribution in [0.3, 0.4) is 0 Å². The second-order valence-corrected chi connectivity index (χ2v) is 4.18. The molecule has 0 aromatic carbocycles. The first-order valence-corrected chi connectivity index (χ1v) is 5.32. The fraction of sp³-hybridized carbons (Fsp3) is 0.909. The molecule has 0 radical (unpaired) electrons. The second kappa shape index (κ2) is 5.35. The first-order chi connectivity index (χ1) is 6.38. The standard InChI is InChI=1S/C11H22O3/c1-5-8(3)11(14,7-10(12)13)9(4)6-2/h8-9,14H,5-7H2,1-4H3,(H,12,13). The van der Waals surface area contributed by atoms with Crippen LogP contribution < -0.4 is 0 Å². The number of hydrogen-bond acceptors (Lipinski definition) is 2. The third-order valence-corrected chi connectivity index (χ3v) is 3.37. The van der Waals surface area contributed by atoms with Crippen molar-refractivity contribution < 1.29 is 15.0 Å². The van der Waals surface area contributed by atoms with Gasteiger partial charge in [-0.25, -0.2) is 0 Å². The van der Waals surface area contributed by atoms with Crippen molar-refractivity contribution in [2.75, 3.05) is 0 Å². The van der Waals surface area contributed by atoms with Gasteiger partial charge in [-0.15, -0.1) is 0 Å². The third kappa shape index (κ3) is 2.98. The number of carbonyl (C=O) groups is 1. The summed E-state index contributed by atoms with van der Waals surface area (Å²) in [5.74, 6) is -0.879. The number of rotatable bonds is 6. The lowest BCUT2D eigenvalue weighted by Gasteiger charge is -2.37. The minimum Gasteiger partial charge on any atom is -0.481 e. The SMILES string of the molecule is CCC(C)C(O)(CC(=O)O)C(C)CC. The van der Waals surface area contributed by atoms with Crippen molar-refractivity contribution in [3.63, 3.8) is 0 Å². The number of aliphatic hydroxyl groups is 1. The van der Waals surface area contributed by atoms with Crippen molar-refractivity contribution in [3.8, 4) is 0 Å². The molecular formula is C11H22O3. The molecule has 0 rings (SSSR count). The average molecular weight is 202 g/mol. The summed E-state index contributed by atoms with van der Waals surface area (Å²) in [6.07, 6.45) is 1.44. The highest BCUT2D eigenvalue weighted by Gasteiger charge is 2.39. The highest BCUT2D eigenvalue weighted by Crippen LogP contribution is 2.33. The van der Waals surface area contributed by atoms with E-state index >= 15 is 0 Å². The van der Waals surface area contributed by atoms with E-state index in [4.69, 9.17) is 5.11 Å². The molecule has 3 nitrogen and oxygen atoms in total. The Morgan fingerprint density at radius 3 is 1.79 bits per heavy atom. The Morgan fingerprint density at radius 1 is 1.21 bits per heavy atom. The van der Waals surface area contributed by atoms with E-state index in [9.17, 15) is 9.90 Å². The monoisotopic (exact) mass is 202 g/mol. The minimum absolute atomic E-state index is 0.0218. The van der Waals surface area contributed by atoms with Crippen LogP contribution in [0.1, 0.15) is 47.0 Å². The lowest BCUT2D eigenvalue weighted by Crippen LogP contribution is -2.44. The maximum Gasteiger partial charge on any atom is 0.306 e. The summed E-state index contributed by atoms with van der Waals surface area (Å²) in [6.45, 7) is 7.77. The van der Waals surface area contributed by atoms with Crippen molar-refractivity contribution in [2.45, 2.75) is 52.6 Å². The summed E-state index contributed by atoms with van der Waals surface area (Å²) in [6, 6.07) is 0. The zero-order valence-corrected chi connectivity index (χ0v) is 9.58. The Labute approximate surface area is 86.1 Å². The molecule has 0 saturated heterocycles. The van der Waals surface area contributed by atoms with Gasteiger partial charge in [0.1, 0.15) is 0 Å². The molecule has 2 atom stereocenters. The fourth-order valence-electron chi connectivity index (χ4n) is 1.78. The van der Waals surface area contributed by atoms with Crippen LogP contribution in [0.2, 0.25) is 0 Å². The second-order valence-electron chi connectivity index (χ2n) is 4.18. The Morgan fingerprint density at radius 2 is 1.57 bits per heavy atom.